The number of hydrogen-bond acceptors (Lipinski definition) is 6. The van der Waals surface area contributed by atoms with Crippen molar-refractivity contribution in [3.63, 3.8) is 0 Å². The van der Waals surface area contributed by atoms with Gasteiger partial charge in [0.1, 0.15) is 17.3 Å². The Labute approximate surface area is 146 Å². The highest BCUT2D eigenvalue weighted by Crippen LogP contribution is 2.43. The van der Waals surface area contributed by atoms with E-state index in [2.05, 4.69) is 15.5 Å². The average molecular weight is 347 g/mol. The maximum absolute atomic E-state index is 14.6. The summed E-state index contributed by atoms with van der Waals surface area (Å²) in [6.07, 6.45) is 1.09. The molecule has 1 aromatic heterocycles. The van der Waals surface area contributed by atoms with Crippen LogP contribution in [0.4, 0.5) is 10.2 Å². The van der Waals surface area contributed by atoms with Crippen molar-refractivity contribution in [3.8, 4) is 17.0 Å². The molecule has 1 atom stereocenters. The van der Waals surface area contributed by atoms with E-state index < -0.39 is 5.82 Å². The first-order chi connectivity index (χ1) is 12.1. The van der Waals surface area contributed by atoms with Crippen molar-refractivity contribution >= 4 is 5.82 Å². The van der Waals surface area contributed by atoms with Gasteiger partial charge in [0.25, 0.3) is 0 Å². The molecule has 0 fully saturated rings. The van der Waals surface area contributed by atoms with Gasteiger partial charge in [-0.05, 0) is 24.1 Å². The Bertz CT molecular complexity index is 759. The highest BCUT2D eigenvalue weighted by Gasteiger charge is 2.32. The normalized spacial score (nSPS) is 16.1. The first-order valence-electron chi connectivity index (χ1n) is 8.30. The molecule has 1 aromatic carbocycles. The van der Waals surface area contributed by atoms with Gasteiger partial charge in [0.05, 0.1) is 18.3 Å². The second-order valence-electron chi connectivity index (χ2n) is 5.95. The number of hydrogen-bond donors (Lipinski definition) is 2. The number of rotatable bonds is 6. The van der Waals surface area contributed by atoms with Gasteiger partial charge >= 0.3 is 0 Å². The van der Waals surface area contributed by atoms with E-state index in [-0.39, 0.29) is 24.0 Å². The Morgan fingerprint density at radius 3 is 2.84 bits per heavy atom. The van der Waals surface area contributed by atoms with Crippen LogP contribution in [0.25, 0.3) is 11.3 Å². The van der Waals surface area contributed by atoms with Crippen LogP contribution in [0.3, 0.4) is 0 Å². The minimum Gasteiger partial charge on any atom is -0.507 e. The van der Waals surface area contributed by atoms with Crippen LogP contribution >= 0.6 is 0 Å². The molecule has 1 aliphatic heterocycles. The zero-order chi connectivity index (χ0) is 18.0. The average Bonchev–Trinajstić information content (AvgIpc) is 3.03. The van der Waals surface area contributed by atoms with E-state index in [9.17, 15) is 9.50 Å². The maximum Gasteiger partial charge on any atom is 0.154 e. The van der Waals surface area contributed by atoms with E-state index in [1.807, 2.05) is 6.92 Å². The molecule has 2 N–H and O–H groups in total. The van der Waals surface area contributed by atoms with E-state index in [4.69, 9.17) is 9.47 Å². The Morgan fingerprint density at radius 2 is 2.20 bits per heavy atom. The van der Waals surface area contributed by atoms with Gasteiger partial charge in [0.15, 0.2) is 5.82 Å². The molecule has 25 heavy (non-hydrogen) atoms. The van der Waals surface area contributed by atoms with Gasteiger partial charge in [-0.25, -0.2) is 4.39 Å². The quantitative estimate of drug-likeness (QED) is 0.836. The second kappa shape index (κ2) is 7.33. The van der Waals surface area contributed by atoms with Crippen molar-refractivity contribution < 1.29 is 19.0 Å². The summed E-state index contributed by atoms with van der Waals surface area (Å²) in [6, 6.07) is 2.99. The number of nitrogens with zero attached hydrogens (tertiary/aromatic N) is 2. The van der Waals surface area contributed by atoms with Crippen LogP contribution in [-0.4, -0.2) is 36.1 Å². The molecule has 0 radical (unpaired) electrons. The number of phenols is 1. The molecule has 134 valence electrons. The summed E-state index contributed by atoms with van der Waals surface area (Å²) in [5.74, 6) is -0.0424. The molecule has 3 rings (SSSR count). The first kappa shape index (κ1) is 17.6. The van der Waals surface area contributed by atoms with E-state index in [0.717, 1.165) is 16.7 Å². The fraction of sp³-hybridized carbons (Fsp3) is 0.444. The lowest BCUT2D eigenvalue weighted by Gasteiger charge is -2.15. The molecule has 0 aliphatic carbocycles. The van der Waals surface area contributed by atoms with Gasteiger partial charge in [-0.2, -0.15) is 0 Å². The number of halogens is 1. The van der Waals surface area contributed by atoms with E-state index in [0.29, 0.717) is 31.0 Å². The standard InChI is InChI=1S/C18H22FN3O3/c1-4-10-7-12(19)16(13(23)8-10)17-11-9-25-14(5-6-24-3)15(11)18(20-2)22-21-17/h7-8,14,23H,4-6,9H2,1-3H3,(H,20,22). The van der Waals surface area contributed by atoms with E-state index >= 15 is 0 Å². The molecular weight excluding hydrogens is 325 g/mol. The molecule has 0 bridgehead atoms. The number of methoxy groups -OCH3 is 1. The molecule has 2 heterocycles. The third-order valence-corrected chi connectivity index (χ3v) is 4.46. The van der Waals surface area contributed by atoms with Gasteiger partial charge in [0, 0.05) is 38.3 Å². The van der Waals surface area contributed by atoms with Crippen LogP contribution in [0.15, 0.2) is 12.1 Å². The Balaban J connectivity index is 2.13. The molecule has 6 nitrogen and oxygen atoms in total. The SMILES string of the molecule is CCc1cc(O)c(-c2nnc(NC)c3c2COC3CCOC)c(F)c1. The first-order valence-corrected chi connectivity index (χ1v) is 8.30. The molecule has 2 aromatic rings. The van der Waals surface area contributed by atoms with Gasteiger partial charge < -0.3 is 19.9 Å². The van der Waals surface area contributed by atoms with Crippen molar-refractivity contribution in [2.45, 2.75) is 32.5 Å². The number of aryl methyl sites for hydroxylation is 1. The number of ether oxygens (including phenoxy) is 2. The molecule has 0 spiro atoms. The summed E-state index contributed by atoms with van der Waals surface area (Å²) in [6.45, 7) is 2.73. The van der Waals surface area contributed by atoms with Crippen LogP contribution in [0, 0.1) is 5.82 Å². The van der Waals surface area contributed by atoms with Crippen molar-refractivity contribution in [1.29, 1.82) is 0 Å². The van der Waals surface area contributed by atoms with Gasteiger partial charge in [-0.15, -0.1) is 10.2 Å². The summed E-state index contributed by atoms with van der Waals surface area (Å²) in [5.41, 5.74) is 2.72. The van der Waals surface area contributed by atoms with Crippen LogP contribution in [0.2, 0.25) is 0 Å². The number of anilines is 1. The number of aromatic hydroxyl groups is 1. The topological polar surface area (TPSA) is 76.5 Å². The molecule has 7 heteroatoms. The summed E-state index contributed by atoms with van der Waals surface area (Å²) in [5, 5.41) is 21.7. The second-order valence-corrected chi connectivity index (χ2v) is 5.95. The monoisotopic (exact) mass is 347 g/mol. The highest BCUT2D eigenvalue weighted by molar-refractivity contribution is 5.74. The van der Waals surface area contributed by atoms with Gasteiger partial charge in [-0.1, -0.05) is 6.92 Å². The third kappa shape index (κ3) is 3.17. The van der Waals surface area contributed by atoms with Crippen molar-refractivity contribution in [2.24, 2.45) is 0 Å². The van der Waals surface area contributed by atoms with Gasteiger partial charge in [0.2, 0.25) is 0 Å². The van der Waals surface area contributed by atoms with Crippen LogP contribution in [0.1, 0.15) is 36.1 Å². The number of benzene rings is 1. The molecule has 1 aliphatic rings. The number of phenolic OH excluding ortho intramolecular Hbond substituents is 1. The molecule has 0 amide bonds. The molecule has 0 saturated carbocycles. The summed E-state index contributed by atoms with van der Waals surface area (Å²) < 4.78 is 25.6. The minimum absolute atomic E-state index is 0.0691. The Hall–Kier alpha value is -2.25. The lowest BCUT2D eigenvalue weighted by molar-refractivity contribution is 0.0401. The number of nitrogens with one attached hydrogen (secondary N) is 1. The fourth-order valence-corrected chi connectivity index (χ4v) is 3.17. The largest absolute Gasteiger partial charge is 0.507 e. The third-order valence-electron chi connectivity index (χ3n) is 4.46. The van der Waals surface area contributed by atoms with Crippen LogP contribution in [0.5, 0.6) is 5.75 Å². The van der Waals surface area contributed by atoms with Crippen molar-refractivity contribution in [1.82, 2.24) is 10.2 Å². The number of aromatic nitrogens is 2. The zero-order valence-corrected chi connectivity index (χ0v) is 14.6. The lowest BCUT2D eigenvalue weighted by atomic mass is 9.97. The van der Waals surface area contributed by atoms with E-state index in [1.165, 1.54) is 6.07 Å². The fourth-order valence-electron chi connectivity index (χ4n) is 3.17. The Morgan fingerprint density at radius 1 is 1.40 bits per heavy atom. The molecular formula is C18H22FN3O3. The van der Waals surface area contributed by atoms with Crippen LogP contribution < -0.4 is 5.32 Å². The van der Waals surface area contributed by atoms with Crippen molar-refractivity contribution in [2.75, 3.05) is 26.1 Å². The smallest absolute Gasteiger partial charge is 0.154 e. The predicted molar refractivity (Wildman–Crippen MR) is 92.0 cm³/mol. The summed E-state index contributed by atoms with van der Waals surface area (Å²) in [7, 11) is 3.39. The molecule has 0 saturated heterocycles. The predicted octanol–water partition coefficient (Wildman–Crippen LogP) is 3.20. The Kier molecular flexibility index (Phi) is 5.15. The minimum atomic E-state index is -0.508. The highest BCUT2D eigenvalue weighted by atomic mass is 19.1. The van der Waals surface area contributed by atoms with Gasteiger partial charge in [-0.3, -0.25) is 0 Å². The zero-order valence-electron chi connectivity index (χ0n) is 14.6. The summed E-state index contributed by atoms with van der Waals surface area (Å²) >= 11 is 0. The van der Waals surface area contributed by atoms with Crippen LogP contribution in [-0.2, 0) is 22.5 Å². The molecule has 1 unspecified atom stereocenters. The summed E-state index contributed by atoms with van der Waals surface area (Å²) in [4.78, 5) is 0. The lowest BCUT2D eigenvalue weighted by Crippen LogP contribution is -2.08. The number of fused-ring (bicyclic) bond motifs is 1. The van der Waals surface area contributed by atoms with E-state index in [1.54, 1.807) is 20.2 Å². The maximum atomic E-state index is 14.6. The van der Waals surface area contributed by atoms with Crippen molar-refractivity contribution in [3.05, 3.63) is 34.6 Å².